The standard InChI is InChI=1S/C27H25N3O3S/c1-19-11-13-20(14-12-19)15-28-26(32)23-9-5-6-10-24(23)30-25(31)18-34-17-22-16-33-27(29-22)21-7-3-2-4-8-21/h2-14,16H,15,17-18H2,1H3,(H,28,32)(H,30,31). The Hall–Kier alpha value is -3.84. The zero-order valence-corrected chi connectivity index (χ0v) is 19.6. The van der Waals surface area contributed by atoms with Crippen LogP contribution in [0.25, 0.3) is 11.5 Å². The molecule has 3 aromatic carbocycles. The fourth-order valence-electron chi connectivity index (χ4n) is 3.29. The number of anilines is 1. The first kappa shape index (κ1) is 23.3. The van der Waals surface area contributed by atoms with Gasteiger partial charge >= 0.3 is 0 Å². The molecule has 7 heteroatoms. The number of aryl methyl sites for hydroxylation is 1. The van der Waals surface area contributed by atoms with E-state index < -0.39 is 0 Å². The summed E-state index contributed by atoms with van der Waals surface area (Å²) in [6.45, 7) is 2.44. The quantitative estimate of drug-likeness (QED) is 0.339. The van der Waals surface area contributed by atoms with Crippen LogP contribution in [0.3, 0.4) is 0 Å². The number of hydrogen-bond donors (Lipinski definition) is 2. The number of benzene rings is 3. The largest absolute Gasteiger partial charge is 0.444 e. The van der Waals surface area contributed by atoms with Crippen molar-refractivity contribution in [2.24, 2.45) is 0 Å². The minimum atomic E-state index is -0.236. The maximum atomic E-state index is 12.7. The van der Waals surface area contributed by atoms with Crippen LogP contribution in [0.2, 0.25) is 0 Å². The zero-order chi connectivity index (χ0) is 23.8. The summed E-state index contributed by atoms with van der Waals surface area (Å²) in [5.74, 6) is 0.914. The number of rotatable bonds is 9. The van der Waals surface area contributed by atoms with E-state index in [-0.39, 0.29) is 17.6 Å². The second-order valence-corrected chi connectivity index (χ2v) is 8.75. The number of nitrogens with zero attached hydrogens (tertiary/aromatic N) is 1. The van der Waals surface area contributed by atoms with Gasteiger partial charge < -0.3 is 15.1 Å². The lowest BCUT2D eigenvalue weighted by Crippen LogP contribution is -2.25. The van der Waals surface area contributed by atoms with E-state index in [1.54, 1.807) is 30.5 Å². The van der Waals surface area contributed by atoms with Crippen molar-refractivity contribution in [2.75, 3.05) is 11.1 Å². The second-order valence-electron chi connectivity index (χ2n) is 7.76. The number of carbonyl (C=O) groups excluding carboxylic acids is 2. The Kier molecular flexibility index (Phi) is 7.78. The topological polar surface area (TPSA) is 84.2 Å². The molecule has 0 aliphatic carbocycles. The lowest BCUT2D eigenvalue weighted by atomic mass is 10.1. The van der Waals surface area contributed by atoms with Crippen LogP contribution in [0, 0.1) is 6.92 Å². The first-order chi connectivity index (χ1) is 16.6. The van der Waals surface area contributed by atoms with Gasteiger partial charge in [-0.05, 0) is 36.8 Å². The molecule has 4 rings (SSSR count). The van der Waals surface area contributed by atoms with Gasteiger partial charge in [0, 0.05) is 17.9 Å². The van der Waals surface area contributed by atoms with Crippen LogP contribution in [0.1, 0.15) is 27.2 Å². The molecule has 4 aromatic rings. The second kappa shape index (κ2) is 11.3. The predicted molar refractivity (Wildman–Crippen MR) is 136 cm³/mol. The van der Waals surface area contributed by atoms with Gasteiger partial charge in [-0.3, -0.25) is 9.59 Å². The molecule has 34 heavy (non-hydrogen) atoms. The molecule has 2 N–H and O–H groups in total. The number of aromatic nitrogens is 1. The molecule has 0 radical (unpaired) electrons. The summed E-state index contributed by atoms with van der Waals surface area (Å²) < 4.78 is 5.54. The summed E-state index contributed by atoms with van der Waals surface area (Å²) in [6.07, 6.45) is 1.61. The lowest BCUT2D eigenvalue weighted by Gasteiger charge is -2.11. The van der Waals surface area contributed by atoms with Crippen molar-refractivity contribution >= 4 is 29.3 Å². The molecule has 6 nitrogen and oxygen atoms in total. The highest BCUT2D eigenvalue weighted by Gasteiger charge is 2.14. The molecular weight excluding hydrogens is 446 g/mol. The maximum absolute atomic E-state index is 12.7. The Morgan fingerprint density at radius 2 is 1.68 bits per heavy atom. The molecule has 0 aliphatic heterocycles. The summed E-state index contributed by atoms with van der Waals surface area (Å²) in [5.41, 5.74) is 4.78. The number of amides is 2. The van der Waals surface area contributed by atoms with E-state index in [1.165, 1.54) is 17.3 Å². The van der Waals surface area contributed by atoms with Crippen LogP contribution in [-0.4, -0.2) is 22.6 Å². The molecule has 2 amide bonds. The molecule has 0 atom stereocenters. The van der Waals surface area contributed by atoms with Crippen molar-refractivity contribution in [1.82, 2.24) is 10.3 Å². The Morgan fingerprint density at radius 1 is 0.941 bits per heavy atom. The van der Waals surface area contributed by atoms with Crippen molar-refractivity contribution in [3.63, 3.8) is 0 Å². The molecule has 0 saturated heterocycles. The van der Waals surface area contributed by atoms with Gasteiger partial charge in [-0.15, -0.1) is 11.8 Å². The SMILES string of the molecule is Cc1ccc(CNC(=O)c2ccccc2NC(=O)CSCc2coc(-c3ccccc3)n2)cc1. The van der Waals surface area contributed by atoms with Crippen molar-refractivity contribution in [3.05, 3.63) is 108 Å². The monoisotopic (exact) mass is 471 g/mol. The summed E-state index contributed by atoms with van der Waals surface area (Å²) in [7, 11) is 0. The Morgan fingerprint density at radius 3 is 2.47 bits per heavy atom. The highest BCUT2D eigenvalue weighted by molar-refractivity contribution is 7.99. The molecule has 0 unspecified atom stereocenters. The Labute approximate surface area is 202 Å². The molecule has 0 bridgehead atoms. The van der Waals surface area contributed by atoms with Gasteiger partial charge in [-0.2, -0.15) is 0 Å². The average molecular weight is 472 g/mol. The number of thioether (sulfide) groups is 1. The van der Waals surface area contributed by atoms with Crippen LogP contribution in [0.4, 0.5) is 5.69 Å². The first-order valence-corrected chi connectivity index (χ1v) is 12.0. The van der Waals surface area contributed by atoms with Gasteiger partial charge in [-0.25, -0.2) is 4.98 Å². The zero-order valence-electron chi connectivity index (χ0n) is 18.8. The fraction of sp³-hybridized carbons (Fsp3) is 0.148. The predicted octanol–water partition coefficient (Wildman–Crippen LogP) is 5.45. The highest BCUT2D eigenvalue weighted by Crippen LogP contribution is 2.21. The third kappa shape index (κ3) is 6.36. The number of para-hydroxylation sites is 1. The maximum Gasteiger partial charge on any atom is 0.253 e. The Balaban J connectivity index is 1.28. The minimum absolute atomic E-state index is 0.185. The molecule has 172 valence electrons. The van der Waals surface area contributed by atoms with E-state index in [0.717, 1.165) is 16.8 Å². The van der Waals surface area contributed by atoms with Crippen molar-refractivity contribution in [1.29, 1.82) is 0 Å². The molecule has 1 heterocycles. The molecule has 1 aromatic heterocycles. The van der Waals surface area contributed by atoms with E-state index in [4.69, 9.17) is 4.42 Å². The van der Waals surface area contributed by atoms with Crippen LogP contribution in [0.15, 0.2) is 89.5 Å². The summed E-state index contributed by atoms with van der Waals surface area (Å²) in [6, 6.07) is 24.7. The first-order valence-electron chi connectivity index (χ1n) is 10.9. The van der Waals surface area contributed by atoms with Crippen molar-refractivity contribution in [2.45, 2.75) is 19.2 Å². The van der Waals surface area contributed by atoms with Gasteiger partial charge in [0.25, 0.3) is 5.91 Å². The van der Waals surface area contributed by atoms with Gasteiger partial charge in [0.15, 0.2) is 0 Å². The van der Waals surface area contributed by atoms with Gasteiger partial charge in [-0.1, -0.05) is 60.2 Å². The molecule has 0 aliphatic rings. The lowest BCUT2D eigenvalue weighted by molar-refractivity contribution is -0.113. The third-order valence-corrected chi connectivity index (χ3v) is 6.04. The molecule has 0 saturated carbocycles. The summed E-state index contributed by atoms with van der Waals surface area (Å²) in [4.78, 5) is 29.7. The van der Waals surface area contributed by atoms with E-state index >= 15 is 0 Å². The van der Waals surface area contributed by atoms with Crippen molar-refractivity contribution in [3.8, 4) is 11.5 Å². The van der Waals surface area contributed by atoms with Crippen LogP contribution in [0.5, 0.6) is 0 Å². The van der Waals surface area contributed by atoms with Crippen LogP contribution in [-0.2, 0) is 17.1 Å². The molecule has 0 fully saturated rings. The third-order valence-electron chi connectivity index (χ3n) is 5.08. The van der Waals surface area contributed by atoms with Gasteiger partial charge in [0.2, 0.25) is 11.8 Å². The molecular formula is C27H25N3O3S. The number of hydrogen-bond acceptors (Lipinski definition) is 5. The van der Waals surface area contributed by atoms with Crippen LogP contribution >= 0.6 is 11.8 Å². The fourth-order valence-corrected chi connectivity index (χ4v) is 4.00. The van der Waals surface area contributed by atoms with Gasteiger partial charge in [0.1, 0.15) is 6.26 Å². The average Bonchev–Trinajstić information content (AvgIpc) is 3.33. The number of nitrogens with one attached hydrogen (secondary N) is 2. The van der Waals surface area contributed by atoms with Crippen molar-refractivity contribution < 1.29 is 14.0 Å². The van der Waals surface area contributed by atoms with Crippen LogP contribution < -0.4 is 10.6 Å². The van der Waals surface area contributed by atoms with Gasteiger partial charge in [0.05, 0.1) is 22.7 Å². The summed E-state index contributed by atoms with van der Waals surface area (Å²) in [5, 5.41) is 5.76. The smallest absolute Gasteiger partial charge is 0.253 e. The van der Waals surface area contributed by atoms with E-state index in [9.17, 15) is 9.59 Å². The summed E-state index contributed by atoms with van der Waals surface area (Å²) >= 11 is 1.43. The Bertz CT molecular complexity index is 1250. The van der Waals surface area contributed by atoms with E-state index in [1.807, 2.05) is 61.5 Å². The minimum Gasteiger partial charge on any atom is -0.444 e. The van der Waals surface area contributed by atoms with E-state index in [2.05, 4.69) is 15.6 Å². The number of oxazole rings is 1. The highest BCUT2D eigenvalue weighted by atomic mass is 32.2. The van der Waals surface area contributed by atoms with E-state index in [0.29, 0.717) is 29.4 Å². The normalized spacial score (nSPS) is 10.6. The molecule has 0 spiro atoms. The number of carbonyl (C=O) groups is 2.